The number of nitrogens with two attached hydrogens (primary N) is 2. The minimum atomic E-state index is -0.454. The molecule has 100 valence electrons. The van der Waals surface area contributed by atoms with Gasteiger partial charge in [0.25, 0.3) is 0 Å². The van der Waals surface area contributed by atoms with Crippen LogP contribution in [0.1, 0.15) is 43.5 Å². The maximum atomic E-state index is 11.0. The van der Waals surface area contributed by atoms with E-state index in [9.17, 15) is 4.79 Å². The van der Waals surface area contributed by atoms with Crippen molar-refractivity contribution in [1.82, 2.24) is 0 Å². The number of nitrogen functional groups attached to an aromatic ring is 1. The summed E-state index contributed by atoms with van der Waals surface area (Å²) in [6, 6.07) is 5.10. The highest BCUT2D eigenvalue weighted by molar-refractivity contribution is 5.94. The van der Waals surface area contributed by atoms with Crippen LogP contribution in [0.15, 0.2) is 18.2 Å². The number of anilines is 2. The molecule has 0 fully saturated rings. The zero-order valence-corrected chi connectivity index (χ0v) is 11.2. The lowest BCUT2D eigenvalue weighted by Gasteiger charge is -2.10. The summed E-state index contributed by atoms with van der Waals surface area (Å²) in [5.74, 6) is 0.301. The van der Waals surface area contributed by atoms with E-state index in [1.54, 1.807) is 18.2 Å². The van der Waals surface area contributed by atoms with Crippen LogP contribution in [0.3, 0.4) is 0 Å². The fourth-order valence-corrected chi connectivity index (χ4v) is 1.78. The van der Waals surface area contributed by atoms with Crippen molar-refractivity contribution >= 4 is 17.3 Å². The Kier molecular flexibility index (Phi) is 5.49. The maximum absolute atomic E-state index is 11.0. The molecule has 1 rings (SSSR count). The van der Waals surface area contributed by atoms with E-state index in [4.69, 9.17) is 11.5 Å². The minimum Gasteiger partial charge on any atom is -0.397 e. The summed E-state index contributed by atoms with van der Waals surface area (Å²) >= 11 is 0. The van der Waals surface area contributed by atoms with Gasteiger partial charge in [-0.3, -0.25) is 4.79 Å². The molecule has 1 amide bonds. The number of hydrogen-bond acceptors (Lipinski definition) is 3. The number of rotatable bonds is 7. The van der Waals surface area contributed by atoms with Gasteiger partial charge in [-0.2, -0.15) is 0 Å². The average Bonchev–Trinajstić information content (AvgIpc) is 2.29. The summed E-state index contributed by atoms with van der Waals surface area (Å²) < 4.78 is 0. The Bertz CT molecular complexity index is 402. The van der Waals surface area contributed by atoms with Crippen molar-refractivity contribution in [3.05, 3.63) is 23.8 Å². The maximum Gasteiger partial charge on any atom is 0.248 e. The quantitative estimate of drug-likeness (QED) is 0.513. The fourth-order valence-electron chi connectivity index (χ4n) is 1.78. The van der Waals surface area contributed by atoms with Crippen molar-refractivity contribution < 1.29 is 4.79 Å². The molecule has 4 heteroatoms. The van der Waals surface area contributed by atoms with Crippen LogP contribution in [-0.2, 0) is 0 Å². The van der Waals surface area contributed by atoms with Gasteiger partial charge in [-0.15, -0.1) is 0 Å². The van der Waals surface area contributed by atoms with Gasteiger partial charge < -0.3 is 16.8 Å². The largest absolute Gasteiger partial charge is 0.397 e. The summed E-state index contributed by atoms with van der Waals surface area (Å²) in [4.78, 5) is 11.0. The number of carbonyl (C=O) groups is 1. The van der Waals surface area contributed by atoms with E-state index < -0.39 is 5.91 Å². The Labute approximate surface area is 109 Å². The first-order chi connectivity index (χ1) is 8.50. The van der Waals surface area contributed by atoms with Crippen LogP contribution in [-0.4, -0.2) is 12.5 Å². The zero-order chi connectivity index (χ0) is 13.5. The number of nitrogens with one attached hydrogen (secondary N) is 1. The summed E-state index contributed by atoms with van der Waals surface area (Å²) in [7, 11) is 0. The molecular weight excluding hydrogens is 226 g/mol. The van der Waals surface area contributed by atoms with Gasteiger partial charge in [-0.25, -0.2) is 0 Å². The molecule has 0 aromatic heterocycles. The van der Waals surface area contributed by atoms with Gasteiger partial charge in [0.2, 0.25) is 5.91 Å². The fraction of sp³-hybridized carbons (Fsp3) is 0.500. The molecule has 0 atom stereocenters. The van der Waals surface area contributed by atoms with Gasteiger partial charge in [0.1, 0.15) is 0 Å². The molecule has 1 aromatic carbocycles. The van der Waals surface area contributed by atoms with E-state index in [-0.39, 0.29) is 0 Å². The topological polar surface area (TPSA) is 81.1 Å². The minimum absolute atomic E-state index is 0.442. The number of hydrogen-bond donors (Lipinski definition) is 3. The van der Waals surface area contributed by atoms with Crippen molar-refractivity contribution in [2.24, 2.45) is 11.7 Å². The molecular formula is C14H23N3O. The van der Waals surface area contributed by atoms with Crippen LogP contribution in [0.2, 0.25) is 0 Å². The Balaban J connectivity index is 2.41. The van der Waals surface area contributed by atoms with Crippen molar-refractivity contribution in [1.29, 1.82) is 0 Å². The van der Waals surface area contributed by atoms with E-state index in [1.807, 2.05) is 0 Å². The van der Waals surface area contributed by atoms with Gasteiger partial charge in [0.05, 0.1) is 11.4 Å². The Morgan fingerprint density at radius 2 is 2.06 bits per heavy atom. The molecule has 0 radical (unpaired) electrons. The van der Waals surface area contributed by atoms with E-state index >= 15 is 0 Å². The second-order valence-electron chi connectivity index (χ2n) is 4.98. The van der Waals surface area contributed by atoms with Crippen molar-refractivity contribution in [2.45, 2.75) is 33.1 Å². The lowest BCUT2D eigenvalue weighted by molar-refractivity contribution is 0.100. The van der Waals surface area contributed by atoms with Crippen LogP contribution >= 0.6 is 0 Å². The molecule has 0 aliphatic rings. The van der Waals surface area contributed by atoms with Gasteiger partial charge in [-0.1, -0.05) is 26.7 Å². The molecule has 0 saturated heterocycles. The van der Waals surface area contributed by atoms with Crippen LogP contribution in [0, 0.1) is 5.92 Å². The van der Waals surface area contributed by atoms with E-state index in [1.165, 1.54) is 12.8 Å². The zero-order valence-electron chi connectivity index (χ0n) is 11.2. The SMILES string of the molecule is CC(C)CCCCNc1ccc(C(N)=O)cc1N. The Morgan fingerprint density at radius 3 is 2.61 bits per heavy atom. The first-order valence-electron chi connectivity index (χ1n) is 6.44. The number of primary amides is 1. The van der Waals surface area contributed by atoms with Crippen LogP contribution < -0.4 is 16.8 Å². The molecule has 5 N–H and O–H groups in total. The second kappa shape index (κ2) is 6.89. The molecule has 0 unspecified atom stereocenters. The Morgan fingerprint density at radius 1 is 1.33 bits per heavy atom. The van der Waals surface area contributed by atoms with E-state index in [0.717, 1.165) is 24.6 Å². The highest BCUT2D eigenvalue weighted by atomic mass is 16.1. The third-order valence-corrected chi connectivity index (χ3v) is 2.86. The van der Waals surface area contributed by atoms with Gasteiger partial charge in [-0.05, 0) is 30.5 Å². The number of carbonyl (C=O) groups excluding carboxylic acids is 1. The molecule has 0 bridgehead atoms. The monoisotopic (exact) mass is 249 g/mol. The highest BCUT2D eigenvalue weighted by Crippen LogP contribution is 2.19. The molecule has 4 nitrogen and oxygen atoms in total. The van der Waals surface area contributed by atoms with Crippen LogP contribution in [0.5, 0.6) is 0 Å². The van der Waals surface area contributed by atoms with Crippen molar-refractivity contribution in [3.8, 4) is 0 Å². The summed E-state index contributed by atoms with van der Waals surface area (Å²) in [6.07, 6.45) is 3.58. The summed E-state index contributed by atoms with van der Waals surface area (Å²) in [6.45, 7) is 5.36. The summed E-state index contributed by atoms with van der Waals surface area (Å²) in [5, 5.41) is 3.28. The van der Waals surface area contributed by atoms with Crippen LogP contribution in [0.4, 0.5) is 11.4 Å². The summed E-state index contributed by atoms with van der Waals surface area (Å²) in [5.41, 5.74) is 12.9. The number of amides is 1. The second-order valence-corrected chi connectivity index (χ2v) is 4.98. The lowest BCUT2D eigenvalue weighted by Crippen LogP contribution is -2.12. The first kappa shape index (κ1) is 14.4. The molecule has 1 aromatic rings. The smallest absolute Gasteiger partial charge is 0.248 e. The van der Waals surface area contributed by atoms with Crippen LogP contribution in [0.25, 0.3) is 0 Å². The van der Waals surface area contributed by atoms with E-state index in [2.05, 4.69) is 19.2 Å². The van der Waals surface area contributed by atoms with Crippen molar-refractivity contribution in [3.63, 3.8) is 0 Å². The highest BCUT2D eigenvalue weighted by Gasteiger charge is 2.04. The molecule has 0 aliphatic carbocycles. The van der Waals surface area contributed by atoms with Gasteiger partial charge in [0, 0.05) is 12.1 Å². The van der Waals surface area contributed by atoms with Gasteiger partial charge >= 0.3 is 0 Å². The average molecular weight is 249 g/mol. The third-order valence-electron chi connectivity index (χ3n) is 2.86. The molecule has 0 saturated carbocycles. The number of unbranched alkanes of at least 4 members (excludes halogenated alkanes) is 1. The predicted octanol–water partition coefficient (Wildman–Crippen LogP) is 2.61. The van der Waals surface area contributed by atoms with Crippen molar-refractivity contribution in [2.75, 3.05) is 17.6 Å². The molecule has 0 spiro atoms. The molecule has 18 heavy (non-hydrogen) atoms. The first-order valence-corrected chi connectivity index (χ1v) is 6.44. The lowest BCUT2D eigenvalue weighted by atomic mass is 10.1. The standard InChI is InChI=1S/C14H23N3O/c1-10(2)5-3-4-8-17-13-7-6-11(14(16)18)9-12(13)15/h6-7,9-10,17H,3-5,8,15H2,1-2H3,(H2,16,18). The normalized spacial score (nSPS) is 10.6. The Hall–Kier alpha value is -1.71. The molecule has 0 heterocycles. The third kappa shape index (κ3) is 4.65. The van der Waals surface area contributed by atoms with Gasteiger partial charge in [0.15, 0.2) is 0 Å². The predicted molar refractivity (Wildman–Crippen MR) is 76.6 cm³/mol. The van der Waals surface area contributed by atoms with E-state index in [0.29, 0.717) is 11.3 Å². The number of benzene rings is 1. The molecule has 0 aliphatic heterocycles.